The number of hydrogen-bond acceptors (Lipinski definition) is 2. The third kappa shape index (κ3) is 3.03. The molecule has 0 spiro atoms. The zero-order chi connectivity index (χ0) is 10.6. The predicted octanol–water partition coefficient (Wildman–Crippen LogP) is 2.54. The molecule has 1 atom stereocenters. The van der Waals surface area contributed by atoms with Crippen molar-refractivity contribution in [2.75, 3.05) is 0 Å². The van der Waals surface area contributed by atoms with Gasteiger partial charge in [0.2, 0.25) is 0 Å². The van der Waals surface area contributed by atoms with Crippen molar-refractivity contribution in [3.8, 4) is 5.75 Å². The topological polar surface area (TPSA) is 59.1 Å². The molecule has 76 valence electrons. The Bertz CT molecular complexity index is 328. The molecule has 0 amide bonds. The molecule has 3 N–H and O–H groups in total. The van der Waals surface area contributed by atoms with Crippen molar-refractivity contribution in [2.24, 2.45) is 5.73 Å². The van der Waals surface area contributed by atoms with E-state index in [0.29, 0.717) is 6.42 Å². The highest BCUT2D eigenvalue weighted by atomic mass is 79.9. The highest BCUT2D eigenvalue weighted by molar-refractivity contribution is 9.10. The van der Waals surface area contributed by atoms with Gasteiger partial charge >= 0.3 is 0 Å². The van der Waals surface area contributed by atoms with Crippen molar-refractivity contribution < 1.29 is 4.74 Å². The van der Waals surface area contributed by atoms with Gasteiger partial charge < -0.3 is 10.5 Å². The second-order valence-corrected chi connectivity index (χ2v) is 3.84. The number of hydrogen-bond donors (Lipinski definition) is 2. The van der Waals surface area contributed by atoms with Gasteiger partial charge in [-0.25, -0.2) is 0 Å². The number of amidine groups is 1. The lowest BCUT2D eigenvalue weighted by Gasteiger charge is -2.15. The highest BCUT2D eigenvalue weighted by Gasteiger charge is 2.10. The van der Waals surface area contributed by atoms with E-state index in [0.717, 1.165) is 10.2 Å². The molecule has 0 saturated heterocycles. The van der Waals surface area contributed by atoms with E-state index in [4.69, 9.17) is 15.9 Å². The molecule has 1 unspecified atom stereocenters. The van der Waals surface area contributed by atoms with Crippen molar-refractivity contribution in [1.82, 2.24) is 0 Å². The molecule has 0 aromatic heterocycles. The van der Waals surface area contributed by atoms with Crippen LogP contribution in [0.2, 0.25) is 0 Å². The van der Waals surface area contributed by atoms with E-state index in [1.54, 1.807) is 0 Å². The number of halogens is 1. The van der Waals surface area contributed by atoms with E-state index in [9.17, 15) is 0 Å². The Balaban J connectivity index is 2.72. The van der Waals surface area contributed by atoms with E-state index in [1.165, 1.54) is 0 Å². The first-order valence-corrected chi connectivity index (χ1v) is 5.19. The van der Waals surface area contributed by atoms with Crippen LogP contribution in [-0.4, -0.2) is 11.9 Å². The van der Waals surface area contributed by atoms with Crippen LogP contribution >= 0.6 is 15.9 Å². The van der Waals surface area contributed by atoms with Crippen molar-refractivity contribution in [1.29, 1.82) is 5.41 Å². The first-order valence-electron chi connectivity index (χ1n) is 4.39. The summed E-state index contributed by atoms with van der Waals surface area (Å²) in [7, 11) is 0. The van der Waals surface area contributed by atoms with E-state index >= 15 is 0 Å². The minimum Gasteiger partial charge on any atom is -0.483 e. The second kappa shape index (κ2) is 5.00. The molecule has 0 saturated carbocycles. The van der Waals surface area contributed by atoms with Crippen LogP contribution in [0.15, 0.2) is 28.7 Å². The number of ether oxygens (including phenoxy) is 1. The smallest absolute Gasteiger partial charge is 0.155 e. The summed E-state index contributed by atoms with van der Waals surface area (Å²) in [6.07, 6.45) is 0.367. The fourth-order valence-corrected chi connectivity index (χ4v) is 1.45. The third-order valence-corrected chi connectivity index (χ3v) is 2.29. The SMILES string of the molecule is CCC(Oc1cccc(Br)c1)C(=N)N. The standard InChI is InChI=1S/C10H13BrN2O/c1-2-9(10(12)13)14-8-5-3-4-7(11)6-8/h3-6,9H,2H2,1H3,(H3,12,13). The van der Waals surface area contributed by atoms with Crippen molar-refractivity contribution in [3.63, 3.8) is 0 Å². The van der Waals surface area contributed by atoms with Crippen LogP contribution in [0.5, 0.6) is 5.75 Å². The zero-order valence-electron chi connectivity index (χ0n) is 7.96. The molecular weight excluding hydrogens is 244 g/mol. The summed E-state index contributed by atoms with van der Waals surface area (Å²) in [6.45, 7) is 1.93. The Morgan fingerprint density at radius 2 is 2.36 bits per heavy atom. The molecule has 3 nitrogen and oxygen atoms in total. The minimum absolute atomic E-state index is 0.0625. The van der Waals surface area contributed by atoms with Gasteiger partial charge in [0.1, 0.15) is 11.6 Å². The lowest BCUT2D eigenvalue weighted by atomic mass is 10.2. The normalized spacial score (nSPS) is 12.1. The monoisotopic (exact) mass is 256 g/mol. The van der Waals surface area contributed by atoms with E-state index < -0.39 is 0 Å². The number of benzene rings is 1. The molecular formula is C10H13BrN2O. The first kappa shape index (κ1) is 11.0. The van der Waals surface area contributed by atoms with Gasteiger partial charge in [-0.2, -0.15) is 0 Å². The average molecular weight is 257 g/mol. The van der Waals surface area contributed by atoms with Crippen molar-refractivity contribution in [2.45, 2.75) is 19.4 Å². The number of nitrogens with one attached hydrogen (secondary N) is 1. The highest BCUT2D eigenvalue weighted by Crippen LogP contribution is 2.19. The van der Waals surface area contributed by atoms with Gasteiger partial charge in [-0.15, -0.1) is 0 Å². The summed E-state index contributed by atoms with van der Waals surface area (Å²) in [5, 5.41) is 7.30. The lowest BCUT2D eigenvalue weighted by molar-refractivity contribution is 0.260. The maximum absolute atomic E-state index is 7.30. The molecule has 1 rings (SSSR count). The van der Waals surface area contributed by atoms with Gasteiger partial charge in [0.05, 0.1) is 0 Å². The lowest BCUT2D eigenvalue weighted by Crippen LogP contribution is -2.32. The molecule has 0 fully saturated rings. The van der Waals surface area contributed by atoms with Gasteiger partial charge in [-0.3, -0.25) is 5.41 Å². The van der Waals surface area contributed by atoms with E-state index in [2.05, 4.69) is 15.9 Å². The Labute approximate surface area is 91.9 Å². The fourth-order valence-electron chi connectivity index (χ4n) is 1.07. The van der Waals surface area contributed by atoms with E-state index in [1.807, 2.05) is 31.2 Å². The van der Waals surface area contributed by atoms with E-state index in [-0.39, 0.29) is 11.9 Å². The molecule has 4 heteroatoms. The van der Waals surface area contributed by atoms with Gasteiger partial charge in [0, 0.05) is 4.47 Å². The quantitative estimate of drug-likeness (QED) is 0.643. The Morgan fingerprint density at radius 1 is 1.64 bits per heavy atom. The van der Waals surface area contributed by atoms with Crippen molar-refractivity contribution >= 4 is 21.8 Å². The molecule has 0 aliphatic rings. The third-order valence-electron chi connectivity index (χ3n) is 1.79. The van der Waals surface area contributed by atoms with Gasteiger partial charge in [0.25, 0.3) is 0 Å². The van der Waals surface area contributed by atoms with Gasteiger partial charge in [0.15, 0.2) is 6.10 Å². The van der Waals surface area contributed by atoms with Crippen LogP contribution < -0.4 is 10.5 Å². The summed E-state index contributed by atoms with van der Waals surface area (Å²) in [4.78, 5) is 0. The molecule has 0 aliphatic heterocycles. The van der Waals surface area contributed by atoms with Gasteiger partial charge in [-0.1, -0.05) is 28.9 Å². The second-order valence-electron chi connectivity index (χ2n) is 2.93. The van der Waals surface area contributed by atoms with Crippen LogP contribution in [0.4, 0.5) is 0 Å². The molecule has 14 heavy (non-hydrogen) atoms. The summed E-state index contributed by atoms with van der Waals surface area (Å²) in [5.41, 5.74) is 5.38. The van der Waals surface area contributed by atoms with Crippen LogP contribution in [0.3, 0.4) is 0 Å². The van der Waals surface area contributed by atoms with Crippen LogP contribution in [0, 0.1) is 5.41 Å². The van der Waals surface area contributed by atoms with Crippen LogP contribution in [0.25, 0.3) is 0 Å². The number of rotatable bonds is 4. The Hall–Kier alpha value is -1.03. The fraction of sp³-hybridized carbons (Fsp3) is 0.300. The van der Waals surface area contributed by atoms with Crippen molar-refractivity contribution in [3.05, 3.63) is 28.7 Å². The Morgan fingerprint density at radius 3 is 2.86 bits per heavy atom. The largest absolute Gasteiger partial charge is 0.483 e. The molecule has 0 bridgehead atoms. The summed E-state index contributed by atoms with van der Waals surface area (Å²) < 4.78 is 6.48. The molecule has 0 heterocycles. The molecule has 0 radical (unpaired) electrons. The minimum atomic E-state index is -0.329. The summed E-state index contributed by atoms with van der Waals surface area (Å²) in [5.74, 6) is 0.786. The maximum Gasteiger partial charge on any atom is 0.155 e. The molecule has 1 aromatic rings. The average Bonchev–Trinajstić information content (AvgIpc) is 2.14. The summed E-state index contributed by atoms with van der Waals surface area (Å²) in [6, 6.07) is 7.50. The number of nitrogens with two attached hydrogens (primary N) is 1. The molecule has 1 aromatic carbocycles. The Kier molecular flexibility index (Phi) is 3.95. The zero-order valence-corrected chi connectivity index (χ0v) is 9.54. The van der Waals surface area contributed by atoms with Gasteiger partial charge in [-0.05, 0) is 24.6 Å². The van der Waals surface area contributed by atoms with Crippen LogP contribution in [0.1, 0.15) is 13.3 Å². The van der Waals surface area contributed by atoms with Crippen LogP contribution in [-0.2, 0) is 0 Å². The summed E-state index contributed by atoms with van der Waals surface area (Å²) >= 11 is 3.35. The molecule has 0 aliphatic carbocycles. The maximum atomic E-state index is 7.30. The predicted molar refractivity (Wildman–Crippen MR) is 60.8 cm³/mol. The first-order chi connectivity index (χ1) is 6.63.